The molecule has 0 unspecified atom stereocenters. The summed E-state index contributed by atoms with van der Waals surface area (Å²) in [5.41, 5.74) is 2.57. The Balaban J connectivity index is 0.00000280. The van der Waals surface area contributed by atoms with Gasteiger partial charge in [-0.05, 0) is 54.5 Å². The van der Waals surface area contributed by atoms with Gasteiger partial charge in [0.25, 0.3) is 0 Å². The molecule has 154 valence electrons. The maximum Gasteiger partial charge on any atom is 0.191 e. The van der Waals surface area contributed by atoms with Crippen molar-refractivity contribution in [3.05, 3.63) is 47.3 Å². The summed E-state index contributed by atoms with van der Waals surface area (Å²) in [5.74, 6) is 0.912. The predicted molar refractivity (Wildman–Crippen MR) is 134 cm³/mol. The average molecular weight is 513 g/mol. The van der Waals surface area contributed by atoms with E-state index in [0.717, 1.165) is 44.9 Å². The van der Waals surface area contributed by atoms with Gasteiger partial charge >= 0.3 is 0 Å². The molecule has 0 atom stereocenters. The Hall–Kier alpha value is -1.48. The van der Waals surface area contributed by atoms with Crippen molar-refractivity contribution in [3.8, 4) is 0 Å². The second-order valence-electron chi connectivity index (χ2n) is 7.17. The van der Waals surface area contributed by atoms with Crippen LogP contribution >= 0.6 is 35.3 Å². The summed E-state index contributed by atoms with van der Waals surface area (Å²) >= 11 is 1.83. The minimum Gasteiger partial charge on any atom is -0.378 e. The van der Waals surface area contributed by atoms with Gasteiger partial charge in [-0.25, -0.2) is 0 Å². The van der Waals surface area contributed by atoms with E-state index < -0.39 is 0 Å². The molecule has 0 amide bonds. The SMILES string of the molecule is CN=C(NCCc1ccc(N(C)C)cc1)NC1CCN(c2cccs2)CC1.I. The van der Waals surface area contributed by atoms with Crippen LogP contribution in [-0.2, 0) is 6.42 Å². The topological polar surface area (TPSA) is 42.9 Å². The number of rotatable bonds is 6. The average Bonchev–Trinajstić information content (AvgIpc) is 3.23. The lowest BCUT2D eigenvalue weighted by atomic mass is 10.1. The molecule has 3 rings (SSSR count). The smallest absolute Gasteiger partial charge is 0.191 e. The quantitative estimate of drug-likeness (QED) is 0.351. The minimum absolute atomic E-state index is 0. The molecule has 1 aliphatic rings. The standard InChI is InChI=1S/C21H31N5S.HI/c1-22-21(23-13-10-17-6-8-19(9-7-17)25(2)3)24-18-11-14-26(15-12-18)20-5-4-16-27-20;/h4-9,16,18H,10-15H2,1-3H3,(H2,22,23,24);1H. The van der Waals surface area contributed by atoms with E-state index in [1.807, 2.05) is 18.4 Å². The molecule has 1 aromatic heterocycles. The van der Waals surface area contributed by atoms with Gasteiger partial charge in [0.1, 0.15) is 0 Å². The number of piperidine rings is 1. The molecule has 0 spiro atoms. The Morgan fingerprint density at radius 3 is 2.46 bits per heavy atom. The van der Waals surface area contributed by atoms with E-state index in [2.05, 4.69) is 81.3 Å². The monoisotopic (exact) mass is 513 g/mol. The number of aliphatic imine (C=N–C) groups is 1. The molecule has 1 saturated heterocycles. The molecule has 0 radical (unpaired) electrons. The van der Waals surface area contributed by atoms with E-state index in [4.69, 9.17) is 0 Å². The Kier molecular flexibility index (Phi) is 9.37. The van der Waals surface area contributed by atoms with Crippen LogP contribution in [0.2, 0.25) is 0 Å². The highest BCUT2D eigenvalue weighted by Crippen LogP contribution is 2.24. The number of nitrogens with zero attached hydrogens (tertiary/aromatic N) is 3. The Bertz CT molecular complexity index is 707. The zero-order chi connectivity index (χ0) is 19.1. The fourth-order valence-electron chi connectivity index (χ4n) is 3.37. The fourth-order valence-corrected chi connectivity index (χ4v) is 4.15. The number of halogens is 1. The lowest BCUT2D eigenvalue weighted by Crippen LogP contribution is -2.49. The Morgan fingerprint density at radius 2 is 1.89 bits per heavy atom. The highest BCUT2D eigenvalue weighted by atomic mass is 127. The molecule has 2 heterocycles. The highest BCUT2D eigenvalue weighted by Gasteiger charge is 2.20. The largest absolute Gasteiger partial charge is 0.378 e. The summed E-state index contributed by atoms with van der Waals surface area (Å²) in [4.78, 5) is 9.00. The van der Waals surface area contributed by atoms with Gasteiger partial charge in [-0.2, -0.15) is 0 Å². The first kappa shape index (κ1) is 22.8. The van der Waals surface area contributed by atoms with Crippen LogP contribution in [0.25, 0.3) is 0 Å². The van der Waals surface area contributed by atoms with Crippen molar-refractivity contribution in [2.45, 2.75) is 25.3 Å². The molecular weight excluding hydrogens is 481 g/mol. The summed E-state index contributed by atoms with van der Waals surface area (Å²) in [6, 6.07) is 13.6. The summed E-state index contributed by atoms with van der Waals surface area (Å²) in [5, 5.41) is 10.6. The van der Waals surface area contributed by atoms with Crippen LogP contribution in [0.3, 0.4) is 0 Å². The number of hydrogen-bond acceptors (Lipinski definition) is 4. The van der Waals surface area contributed by atoms with Gasteiger partial charge in [-0.1, -0.05) is 12.1 Å². The molecule has 1 aliphatic heterocycles. The zero-order valence-corrected chi connectivity index (χ0v) is 20.2. The molecule has 28 heavy (non-hydrogen) atoms. The van der Waals surface area contributed by atoms with Gasteiger partial charge in [0.15, 0.2) is 5.96 Å². The number of benzene rings is 1. The molecular formula is C21H32IN5S. The molecule has 1 fully saturated rings. The van der Waals surface area contributed by atoms with Gasteiger partial charge in [0, 0.05) is 52.5 Å². The first-order chi connectivity index (χ1) is 13.2. The van der Waals surface area contributed by atoms with Crippen LogP contribution < -0.4 is 20.4 Å². The lowest BCUT2D eigenvalue weighted by molar-refractivity contribution is 0.463. The normalized spacial score (nSPS) is 15.1. The van der Waals surface area contributed by atoms with Crippen molar-refractivity contribution in [1.82, 2.24) is 10.6 Å². The number of guanidine groups is 1. The second-order valence-corrected chi connectivity index (χ2v) is 8.09. The van der Waals surface area contributed by atoms with Crippen LogP contribution in [-0.4, -0.2) is 52.8 Å². The first-order valence-corrected chi connectivity index (χ1v) is 10.6. The van der Waals surface area contributed by atoms with E-state index in [1.54, 1.807) is 0 Å². The molecule has 7 heteroatoms. The molecule has 2 N–H and O–H groups in total. The van der Waals surface area contributed by atoms with Gasteiger partial charge in [0.2, 0.25) is 0 Å². The van der Waals surface area contributed by atoms with Gasteiger partial charge in [-0.3, -0.25) is 4.99 Å². The third-order valence-corrected chi connectivity index (χ3v) is 5.97. The Morgan fingerprint density at radius 1 is 1.18 bits per heavy atom. The van der Waals surface area contributed by atoms with E-state index in [0.29, 0.717) is 6.04 Å². The van der Waals surface area contributed by atoms with E-state index in [-0.39, 0.29) is 24.0 Å². The van der Waals surface area contributed by atoms with Crippen molar-refractivity contribution >= 4 is 52.0 Å². The van der Waals surface area contributed by atoms with Crippen molar-refractivity contribution < 1.29 is 0 Å². The maximum atomic E-state index is 4.40. The van der Waals surface area contributed by atoms with E-state index in [9.17, 15) is 0 Å². The number of thiophene rings is 1. The molecule has 0 saturated carbocycles. The van der Waals surface area contributed by atoms with E-state index >= 15 is 0 Å². The minimum atomic E-state index is 0. The van der Waals surface area contributed by atoms with Gasteiger partial charge < -0.3 is 20.4 Å². The molecule has 0 bridgehead atoms. The molecule has 5 nitrogen and oxygen atoms in total. The summed E-state index contributed by atoms with van der Waals surface area (Å²) in [6.07, 6.45) is 3.28. The van der Waals surface area contributed by atoms with Gasteiger partial charge in [0.05, 0.1) is 5.00 Å². The van der Waals surface area contributed by atoms with Crippen molar-refractivity contribution in [2.75, 3.05) is 50.6 Å². The fraction of sp³-hybridized carbons (Fsp3) is 0.476. The van der Waals surface area contributed by atoms with Crippen LogP contribution in [0.5, 0.6) is 0 Å². The summed E-state index contributed by atoms with van der Waals surface area (Å²) < 4.78 is 0. The second kappa shape index (κ2) is 11.5. The molecule has 1 aromatic carbocycles. The van der Waals surface area contributed by atoms with Crippen molar-refractivity contribution in [3.63, 3.8) is 0 Å². The number of nitrogens with one attached hydrogen (secondary N) is 2. The highest BCUT2D eigenvalue weighted by molar-refractivity contribution is 14.0. The number of hydrogen-bond donors (Lipinski definition) is 2. The summed E-state index contributed by atoms with van der Waals surface area (Å²) in [7, 11) is 5.98. The van der Waals surface area contributed by atoms with Crippen LogP contribution in [0.15, 0.2) is 46.8 Å². The lowest BCUT2D eigenvalue weighted by Gasteiger charge is -2.33. The third kappa shape index (κ3) is 6.55. The number of anilines is 2. The van der Waals surface area contributed by atoms with Gasteiger partial charge in [-0.15, -0.1) is 35.3 Å². The van der Waals surface area contributed by atoms with E-state index in [1.165, 1.54) is 16.3 Å². The first-order valence-electron chi connectivity index (χ1n) is 9.67. The molecule has 0 aliphatic carbocycles. The van der Waals surface area contributed by atoms with Crippen LogP contribution in [0.1, 0.15) is 18.4 Å². The van der Waals surface area contributed by atoms with Crippen molar-refractivity contribution in [1.29, 1.82) is 0 Å². The zero-order valence-electron chi connectivity index (χ0n) is 17.0. The van der Waals surface area contributed by atoms with Crippen LogP contribution in [0, 0.1) is 0 Å². The maximum absolute atomic E-state index is 4.40. The third-order valence-electron chi connectivity index (χ3n) is 5.04. The Labute approximate surface area is 190 Å². The molecule has 2 aromatic rings. The van der Waals surface area contributed by atoms with Crippen molar-refractivity contribution in [2.24, 2.45) is 4.99 Å². The van der Waals surface area contributed by atoms with Crippen LogP contribution in [0.4, 0.5) is 10.7 Å². The predicted octanol–water partition coefficient (Wildman–Crippen LogP) is 3.81. The summed E-state index contributed by atoms with van der Waals surface area (Å²) in [6.45, 7) is 3.09.